The normalized spacial score (nSPS) is 11.6. The zero-order valence-electron chi connectivity index (χ0n) is 17.7. The molecule has 0 aliphatic carbocycles. The molecule has 0 saturated heterocycles. The number of benzene rings is 4. The highest BCUT2D eigenvalue weighted by Gasteiger charge is 2.18. The number of imidazole rings is 1. The monoisotopic (exact) mass is 425 g/mol. The molecule has 33 heavy (non-hydrogen) atoms. The van der Waals surface area contributed by atoms with Crippen molar-refractivity contribution < 1.29 is 4.42 Å². The summed E-state index contributed by atoms with van der Waals surface area (Å²) in [4.78, 5) is 4.76. The van der Waals surface area contributed by atoms with Crippen molar-refractivity contribution in [2.24, 2.45) is 0 Å². The molecule has 0 unspecified atom stereocenters. The van der Waals surface area contributed by atoms with Gasteiger partial charge in [0.2, 0.25) is 0 Å². The topological polar surface area (TPSA) is 35.4 Å². The van der Waals surface area contributed by atoms with Gasteiger partial charge in [0.15, 0.2) is 0 Å². The first kappa shape index (κ1) is 18.0. The summed E-state index contributed by atoms with van der Waals surface area (Å²) in [6, 6.07) is 36.1. The first-order chi connectivity index (χ1) is 16.4. The van der Waals surface area contributed by atoms with Crippen LogP contribution in [-0.2, 0) is 0 Å². The minimum absolute atomic E-state index is 0.593. The van der Waals surface area contributed by atoms with Crippen LogP contribution < -0.4 is 0 Å². The van der Waals surface area contributed by atoms with Crippen molar-refractivity contribution >= 4 is 27.6 Å². The molecular weight excluding hydrogens is 406 g/mol. The first-order valence-corrected chi connectivity index (χ1v) is 11.0. The van der Waals surface area contributed by atoms with Crippen LogP contribution in [-0.4, -0.2) is 14.0 Å². The highest BCUT2D eigenvalue weighted by Crippen LogP contribution is 2.35. The van der Waals surface area contributed by atoms with E-state index in [0.717, 1.165) is 28.2 Å². The highest BCUT2D eigenvalue weighted by molar-refractivity contribution is 6.09. The van der Waals surface area contributed by atoms with Gasteiger partial charge < -0.3 is 8.98 Å². The van der Waals surface area contributed by atoms with Crippen molar-refractivity contribution in [3.8, 4) is 28.2 Å². The van der Waals surface area contributed by atoms with Crippen LogP contribution in [0.1, 0.15) is 0 Å². The van der Waals surface area contributed by atoms with Crippen molar-refractivity contribution in [3.63, 3.8) is 0 Å². The van der Waals surface area contributed by atoms with E-state index in [1.54, 1.807) is 6.26 Å². The van der Waals surface area contributed by atoms with Crippen LogP contribution in [0.5, 0.6) is 0 Å². The average molecular weight is 425 g/mol. The third kappa shape index (κ3) is 2.68. The van der Waals surface area contributed by atoms with Crippen molar-refractivity contribution in [2.45, 2.75) is 0 Å². The van der Waals surface area contributed by atoms with Crippen LogP contribution in [0.4, 0.5) is 0 Å². The second-order valence-electron chi connectivity index (χ2n) is 8.15. The molecular formula is C29H19N3O. The molecule has 0 N–H and O–H groups in total. The maximum absolute atomic E-state index is 5.61. The Morgan fingerprint density at radius 1 is 0.606 bits per heavy atom. The predicted molar refractivity (Wildman–Crippen MR) is 133 cm³/mol. The summed E-state index contributed by atoms with van der Waals surface area (Å²) in [5.41, 5.74) is 7.64. The number of fused-ring (bicyclic) bond motifs is 4. The highest BCUT2D eigenvalue weighted by atomic mass is 16.3. The van der Waals surface area contributed by atoms with Gasteiger partial charge in [-0.15, -0.1) is 0 Å². The number of aromatic nitrogens is 3. The Morgan fingerprint density at radius 3 is 1.94 bits per heavy atom. The maximum Gasteiger partial charge on any atom is 0.306 e. The van der Waals surface area contributed by atoms with Gasteiger partial charge in [-0.1, -0.05) is 78.9 Å². The molecule has 7 rings (SSSR count). The van der Waals surface area contributed by atoms with Crippen LogP contribution in [0.2, 0.25) is 0 Å². The number of para-hydroxylation sites is 2. The van der Waals surface area contributed by atoms with Crippen molar-refractivity contribution in [1.82, 2.24) is 14.0 Å². The Hall–Kier alpha value is -4.57. The van der Waals surface area contributed by atoms with E-state index >= 15 is 0 Å². The third-order valence-corrected chi connectivity index (χ3v) is 6.29. The zero-order chi connectivity index (χ0) is 21.8. The van der Waals surface area contributed by atoms with Crippen molar-refractivity contribution in [2.75, 3.05) is 0 Å². The number of nitrogens with zero attached hydrogens (tertiary/aromatic N) is 3. The van der Waals surface area contributed by atoms with Crippen LogP contribution in [0.15, 0.2) is 120 Å². The second-order valence-corrected chi connectivity index (χ2v) is 8.15. The average Bonchev–Trinajstić information content (AvgIpc) is 3.56. The maximum atomic E-state index is 5.61. The second kappa shape index (κ2) is 6.97. The number of hydrogen-bond acceptors (Lipinski definition) is 2. The van der Waals surface area contributed by atoms with E-state index in [1.165, 1.54) is 21.8 Å². The Bertz CT molecular complexity index is 1700. The zero-order valence-corrected chi connectivity index (χ0v) is 17.7. The lowest BCUT2D eigenvalue weighted by atomic mass is 10.0. The number of rotatable bonds is 3. The molecule has 7 aromatic rings. The molecule has 4 aromatic carbocycles. The van der Waals surface area contributed by atoms with Crippen LogP contribution >= 0.6 is 0 Å². The molecule has 4 nitrogen and oxygen atoms in total. The van der Waals surface area contributed by atoms with Gasteiger partial charge in [0.05, 0.1) is 16.7 Å². The van der Waals surface area contributed by atoms with E-state index in [2.05, 4.69) is 89.5 Å². The molecule has 0 spiro atoms. The summed E-state index contributed by atoms with van der Waals surface area (Å²) in [6.45, 7) is 0. The minimum Gasteiger partial charge on any atom is -0.432 e. The molecule has 0 saturated carbocycles. The van der Waals surface area contributed by atoms with Crippen LogP contribution in [0, 0.1) is 0 Å². The van der Waals surface area contributed by atoms with E-state index < -0.39 is 0 Å². The fourth-order valence-corrected chi connectivity index (χ4v) is 4.83. The van der Waals surface area contributed by atoms with E-state index in [-0.39, 0.29) is 0 Å². The van der Waals surface area contributed by atoms with Gasteiger partial charge in [-0.2, -0.15) is 4.98 Å². The largest absolute Gasteiger partial charge is 0.432 e. The number of oxazole rings is 1. The van der Waals surface area contributed by atoms with Gasteiger partial charge in [-0.3, -0.25) is 4.40 Å². The SMILES string of the molecule is c1ccc(-c2nc3occn3c2-c2ccc(-n3c4ccccc4c4ccccc43)cc2)cc1. The summed E-state index contributed by atoms with van der Waals surface area (Å²) in [5.74, 6) is 0.593. The Balaban J connectivity index is 1.42. The fourth-order valence-electron chi connectivity index (χ4n) is 4.83. The van der Waals surface area contributed by atoms with E-state index in [0.29, 0.717) is 5.84 Å². The Labute approximate surface area is 190 Å². The van der Waals surface area contributed by atoms with Gasteiger partial charge in [0.25, 0.3) is 0 Å². The van der Waals surface area contributed by atoms with Crippen LogP contribution in [0.3, 0.4) is 0 Å². The number of hydrogen-bond donors (Lipinski definition) is 0. The van der Waals surface area contributed by atoms with E-state index in [9.17, 15) is 0 Å². The quantitative estimate of drug-likeness (QED) is 0.296. The first-order valence-electron chi connectivity index (χ1n) is 11.0. The van der Waals surface area contributed by atoms with Crippen molar-refractivity contribution in [1.29, 1.82) is 0 Å². The smallest absolute Gasteiger partial charge is 0.306 e. The van der Waals surface area contributed by atoms with Gasteiger partial charge in [-0.05, 0) is 24.3 Å². The third-order valence-electron chi connectivity index (χ3n) is 6.29. The molecule has 0 amide bonds. The van der Waals surface area contributed by atoms with Crippen LogP contribution in [0.25, 0.3) is 55.9 Å². The van der Waals surface area contributed by atoms with Gasteiger partial charge >= 0.3 is 5.84 Å². The molecule has 0 bridgehead atoms. The summed E-state index contributed by atoms with van der Waals surface area (Å²) < 4.78 is 9.95. The summed E-state index contributed by atoms with van der Waals surface area (Å²) in [6.07, 6.45) is 3.60. The molecule has 0 radical (unpaired) electrons. The standard InChI is InChI=1S/C29H19N3O/c1-2-8-20(9-3-1)27-28(31-18-19-33-29(31)30-27)21-14-16-22(17-15-21)32-25-12-6-4-10-23(25)24-11-5-7-13-26(24)32/h1-19H. The Morgan fingerprint density at radius 2 is 1.24 bits per heavy atom. The fraction of sp³-hybridized carbons (Fsp3) is 0. The van der Waals surface area contributed by atoms with E-state index in [4.69, 9.17) is 9.40 Å². The molecule has 3 heterocycles. The molecule has 4 heteroatoms. The lowest BCUT2D eigenvalue weighted by molar-refractivity contribution is 0.596. The predicted octanol–water partition coefficient (Wildman–Crippen LogP) is 7.36. The minimum atomic E-state index is 0.593. The Kier molecular flexibility index (Phi) is 3.81. The van der Waals surface area contributed by atoms with Gasteiger partial charge in [-0.25, -0.2) is 0 Å². The lowest BCUT2D eigenvalue weighted by Gasteiger charge is -2.10. The molecule has 0 aliphatic rings. The van der Waals surface area contributed by atoms with Gasteiger partial charge in [0.1, 0.15) is 12.0 Å². The molecule has 3 aromatic heterocycles. The molecule has 0 aliphatic heterocycles. The molecule has 0 fully saturated rings. The molecule has 0 atom stereocenters. The van der Waals surface area contributed by atoms with E-state index in [1.807, 2.05) is 28.8 Å². The molecule has 156 valence electrons. The summed E-state index contributed by atoms with van der Waals surface area (Å²) in [5, 5.41) is 2.53. The lowest BCUT2D eigenvalue weighted by Crippen LogP contribution is -1.94. The van der Waals surface area contributed by atoms with Crippen molar-refractivity contribution in [3.05, 3.63) is 116 Å². The summed E-state index contributed by atoms with van der Waals surface area (Å²) in [7, 11) is 0. The summed E-state index contributed by atoms with van der Waals surface area (Å²) >= 11 is 0. The van der Waals surface area contributed by atoms with Gasteiger partial charge in [0, 0.05) is 33.8 Å².